The Morgan fingerprint density at radius 3 is 1.11 bits per heavy atom. The topological polar surface area (TPSA) is 37.7 Å². The van der Waals surface area contributed by atoms with E-state index in [4.69, 9.17) is 4.74 Å². The molecule has 0 atom stereocenters. The highest BCUT2D eigenvalue weighted by Gasteiger charge is 2.24. The molecule has 1 aromatic heterocycles. The fraction of sp³-hybridized carbons (Fsp3) is 0.0976. The highest BCUT2D eigenvalue weighted by molar-refractivity contribution is 6.14. The van der Waals surface area contributed by atoms with Crippen molar-refractivity contribution in [3.63, 3.8) is 0 Å². The highest BCUT2D eigenvalue weighted by Crippen LogP contribution is 2.41. The molecule has 0 amide bonds. The Morgan fingerprint density at radius 1 is 0.478 bits per heavy atom. The van der Waals surface area contributed by atoms with Gasteiger partial charge in [0.1, 0.15) is 5.60 Å². The molecule has 7 rings (SSSR count). The van der Waals surface area contributed by atoms with Crippen molar-refractivity contribution in [3.05, 3.63) is 158 Å². The van der Waals surface area contributed by atoms with E-state index in [9.17, 15) is 4.79 Å². The van der Waals surface area contributed by atoms with Crippen molar-refractivity contribution in [2.75, 3.05) is 9.80 Å². The Morgan fingerprint density at radius 2 is 0.804 bits per heavy atom. The summed E-state index contributed by atoms with van der Waals surface area (Å²) in [5.74, 6) is 0. The van der Waals surface area contributed by atoms with Gasteiger partial charge in [-0.1, -0.05) is 72.8 Å². The minimum atomic E-state index is -0.644. The van der Waals surface area contributed by atoms with E-state index in [1.54, 1.807) is 4.57 Å². The van der Waals surface area contributed by atoms with E-state index in [1.165, 1.54) is 0 Å². The van der Waals surface area contributed by atoms with Gasteiger partial charge < -0.3 is 14.5 Å². The monoisotopic (exact) mass is 601 g/mol. The van der Waals surface area contributed by atoms with Gasteiger partial charge in [0.15, 0.2) is 0 Å². The molecule has 0 aliphatic rings. The summed E-state index contributed by atoms with van der Waals surface area (Å²) in [5, 5.41) is 1.91. The van der Waals surface area contributed by atoms with Gasteiger partial charge in [-0.3, -0.25) is 0 Å². The largest absolute Gasteiger partial charge is 0.443 e. The standard InChI is InChI=1S/C41H35N3O2/c1-41(2,3)46-40(45)44-38-26-24-34(42(30-16-8-4-9-17-30)31-18-10-5-11-19-31)28-36(38)37-29-35(25-27-39(37)44)43(32-20-12-6-13-21-32)33-22-14-7-15-23-33/h4-29H,1-3H3. The van der Waals surface area contributed by atoms with Crippen molar-refractivity contribution >= 4 is 62.0 Å². The third-order valence-electron chi connectivity index (χ3n) is 7.88. The molecule has 0 aliphatic carbocycles. The van der Waals surface area contributed by atoms with E-state index >= 15 is 0 Å². The number of carbonyl (C=O) groups is 1. The smallest absolute Gasteiger partial charge is 0.419 e. The lowest BCUT2D eigenvalue weighted by Crippen LogP contribution is -2.27. The molecule has 7 aromatic rings. The van der Waals surface area contributed by atoms with Crippen LogP contribution in [0.2, 0.25) is 0 Å². The van der Waals surface area contributed by atoms with Crippen molar-refractivity contribution in [2.24, 2.45) is 0 Å². The Balaban J connectivity index is 1.48. The van der Waals surface area contributed by atoms with Gasteiger partial charge >= 0.3 is 6.09 Å². The quantitative estimate of drug-likeness (QED) is 0.190. The van der Waals surface area contributed by atoms with Crippen LogP contribution in [0.25, 0.3) is 21.8 Å². The summed E-state index contributed by atoms with van der Waals surface area (Å²) in [6.45, 7) is 5.68. The van der Waals surface area contributed by atoms with Crippen LogP contribution in [0.15, 0.2) is 158 Å². The fourth-order valence-electron chi connectivity index (χ4n) is 5.98. The molecular weight excluding hydrogens is 566 g/mol. The van der Waals surface area contributed by atoms with Crippen LogP contribution in [0.1, 0.15) is 20.8 Å². The van der Waals surface area contributed by atoms with Crippen molar-refractivity contribution in [3.8, 4) is 0 Å². The molecule has 5 heteroatoms. The van der Waals surface area contributed by atoms with Gasteiger partial charge in [-0.05, 0) is 106 Å². The summed E-state index contributed by atoms with van der Waals surface area (Å²) >= 11 is 0. The number of nitrogens with zero attached hydrogens (tertiary/aromatic N) is 3. The first-order chi connectivity index (χ1) is 22.4. The van der Waals surface area contributed by atoms with Gasteiger partial charge in [0.05, 0.1) is 11.0 Å². The molecule has 0 spiro atoms. The maximum absolute atomic E-state index is 13.8. The average molecular weight is 602 g/mol. The zero-order valence-electron chi connectivity index (χ0n) is 26.2. The van der Waals surface area contributed by atoms with E-state index < -0.39 is 11.7 Å². The third kappa shape index (κ3) is 5.59. The van der Waals surface area contributed by atoms with Crippen LogP contribution < -0.4 is 9.80 Å². The first-order valence-electron chi connectivity index (χ1n) is 15.5. The lowest BCUT2D eigenvalue weighted by molar-refractivity contribution is 0.0551. The van der Waals surface area contributed by atoms with Crippen LogP contribution in [0.4, 0.5) is 38.9 Å². The predicted molar refractivity (Wildman–Crippen MR) is 190 cm³/mol. The van der Waals surface area contributed by atoms with Gasteiger partial charge in [-0.2, -0.15) is 0 Å². The Bertz CT molecular complexity index is 1900. The Kier molecular flexibility index (Phi) is 7.51. The number of ether oxygens (including phenoxy) is 1. The molecule has 0 saturated carbocycles. The molecule has 0 bridgehead atoms. The summed E-state index contributed by atoms with van der Waals surface area (Å²) in [7, 11) is 0. The number of carbonyl (C=O) groups excluding carboxylic acids is 1. The van der Waals surface area contributed by atoms with Crippen LogP contribution in [0.3, 0.4) is 0 Å². The molecule has 0 aliphatic heterocycles. The van der Waals surface area contributed by atoms with Crippen LogP contribution in [-0.4, -0.2) is 16.3 Å². The summed E-state index contributed by atoms with van der Waals surface area (Å²) in [5.41, 5.74) is 7.09. The number of benzene rings is 6. The molecule has 46 heavy (non-hydrogen) atoms. The van der Waals surface area contributed by atoms with Gasteiger partial charge in [0, 0.05) is 44.9 Å². The van der Waals surface area contributed by atoms with E-state index in [1.807, 2.05) is 106 Å². The number of aromatic nitrogens is 1. The molecule has 0 unspecified atom stereocenters. The number of hydrogen-bond donors (Lipinski definition) is 0. The maximum Gasteiger partial charge on any atom is 0.419 e. The number of hydrogen-bond acceptors (Lipinski definition) is 4. The second-order valence-electron chi connectivity index (χ2n) is 12.2. The summed E-state index contributed by atoms with van der Waals surface area (Å²) in [4.78, 5) is 18.3. The lowest BCUT2D eigenvalue weighted by Gasteiger charge is -2.26. The first kappa shape index (κ1) is 28.9. The highest BCUT2D eigenvalue weighted by atomic mass is 16.6. The van der Waals surface area contributed by atoms with Crippen LogP contribution in [0, 0.1) is 0 Å². The van der Waals surface area contributed by atoms with Gasteiger partial charge in [-0.25, -0.2) is 9.36 Å². The van der Waals surface area contributed by atoms with Crippen molar-refractivity contribution < 1.29 is 9.53 Å². The normalized spacial score (nSPS) is 11.5. The zero-order valence-corrected chi connectivity index (χ0v) is 26.2. The van der Waals surface area contributed by atoms with Gasteiger partial charge in [-0.15, -0.1) is 0 Å². The molecule has 0 saturated heterocycles. The predicted octanol–water partition coefficient (Wildman–Crippen LogP) is 11.5. The fourth-order valence-corrected chi connectivity index (χ4v) is 5.98. The molecule has 226 valence electrons. The van der Waals surface area contributed by atoms with Gasteiger partial charge in [0.2, 0.25) is 0 Å². The number of rotatable bonds is 6. The first-order valence-corrected chi connectivity index (χ1v) is 15.5. The van der Waals surface area contributed by atoms with Crippen LogP contribution >= 0.6 is 0 Å². The lowest BCUT2D eigenvalue weighted by atomic mass is 10.1. The molecule has 0 N–H and O–H groups in total. The Hall–Kier alpha value is -5.81. The maximum atomic E-state index is 13.8. The zero-order chi connectivity index (χ0) is 31.7. The van der Waals surface area contributed by atoms with Crippen molar-refractivity contribution in [1.29, 1.82) is 0 Å². The second kappa shape index (κ2) is 11.9. The summed E-state index contributed by atoms with van der Waals surface area (Å²) in [6, 6.07) is 53.9. The molecule has 0 fully saturated rings. The molecule has 5 nitrogen and oxygen atoms in total. The summed E-state index contributed by atoms with van der Waals surface area (Å²) < 4.78 is 7.64. The number of para-hydroxylation sites is 4. The molecule has 6 aromatic carbocycles. The van der Waals surface area contributed by atoms with E-state index in [-0.39, 0.29) is 0 Å². The van der Waals surface area contributed by atoms with Crippen molar-refractivity contribution in [1.82, 2.24) is 4.57 Å². The third-order valence-corrected chi connectivity index (χ3v) is 7.88. The van der Waals surface area contributed by atoms with Crippen molar-refractivity contribution in [2.45, 2.75) is 26.4 Å². The SMILES string of the molecule is CC(C)(C)OC(=O)n1c2ccc(N(c3ccccc3)c3ccccc3)cc2c2cc(N(c3ccccc3)c3ccccc3)ccc21. The molecule has 0 radical (unpaired) electrons. The Labute approximate surface area is 269 Å². The average Bonchev–Trinajstić information content (AvgIpc) is 3.40. The van der Waals surface area contributed by atoms with E-state index in [0.717, 1.165) is 55.9 Å². The van der Waals surface area contributed by atoms with Crippen LogP contribution in [0.5, 0.6) is 0 Å². The van der Waals surface area contributed by atoms with Crippen LogP contribution in [-0.2, 0) is 4.74 Å². The van der Waals surface area contributed by atoms with Gasteiger partial charge in [0.25, 0.3) is 0 Å². The molecular formula is C41H35N3O2. The minimum Gasteiger partial charge on any atom is -0.443 e. The number of anilines is 6. The van der Waals surface area contributed by atoms with E-state index in [0.29, 0.717) is 0 Å². The number of fused-ring (bicyclic) bond motifs is 3. The minimum absolute atomic E-state index is 0.404. The molecule has 1 heterocycles. The second-order valence-corrected chi connectivity index (χ2v) is 12.2. The van der Waals surface area contributed by atoms with E-state index in [2.05, 4.69) is 82.6 Å². The summed E-state index contributed by atoms with van der Waals surface area (Å²) in [6.07, 6.45) is -0.404.